The molecule has 0 fully saturated rings. The number of imide groups is 1. The van der Waals surface area contributed by atoms with Gasteiger partial charge >= 0.3 is 0 Å². The highest BCUT2D eigenvalue weighted by Crippen LogP contribution is 2.34. The first-order valence-electron chi connectivity index (χ1n) is 11.3. The second-order valence-electron chi connectivity index (χ2n) is 8.83. The zero-order valence-corrected chi connectivity index (χ0v) is 19.9. The van der Waals surface area contributed by atoms with Crippen molar-refractivity contribution in [3.63, 3.8) is 0 Å². The summed E-state index contributed by atoms with van der Waals surface area (Å²) in [5.74, 6) is 0.349. The van der Waals surface area contributed by atoms with E-state index >= 15 is 0 Å². The molecule has 34 heavy (non-hydrogen) atoms. The molecule has 0 aliphatic carbocycles. The second-order valence-corrected chi connectivity index (χ2v) is 8.83. The number of rotatable bonds is 8. The predicted molar refractivity (Wildman–Crippen MR) is 137 cm³/mol. The fourth-order valence-corrected chi connectivity index (χ4v) is 3.69. The lowest BCUT2D eigenvalue weighted by molar-refractivity contribution is -0.120. The summed E-state index contributed by atoms with van der Waals surface area (Å²) in [6.07, 6.45) is 0. The van der Waals surface area contributed by atoms with Crippen LogP contribution in [-0.4, -0.2) is 32.5 Å². The van der Waals surface area contributed by atoms with Gasteiger partial charge in [-0.15, -0.1) is 0 Å². The Hall–Kier alpha value is -4.06. The van der Waals surface area contributed by atoms with Gasteiger partial charge < -0.3 is 15.0 Å². The molecule has 0 aromatic heterocycles. The van der Waals surface area contributed by atoms with Crippen LogP contribution in [0.1, 0.15) is 19.4 Å². The Labute approximate surface area is 200 Å². The summed E-state index contributed by atoms with van der Waals surface area (Å²) in [5.41, 5.74) is 3.57. The molecule has 3 aromatic carbocycles. The number of anilines is 3. The largest absolute Gasteiger partial charge is 0.493 e. The molecule has 2 amide bonds. The van der Waals surface area contributed by atoms with E-state index in [0.29, 0.717) is 35.1 Å². The quantitative estimate of drug-likeness (QED) is 0.474. The molecule has 0 saturated carbocycles. The Balaban J connectivity index is 1.67. The summed E-state index contributed by atoms with van der Waals surface area (Å²) < 4.78 is 5.74. The van der Waals surface area contributed by atoms with Crippen LogP contribution in [0.2, 0.25) is 0 Å². The van der Waals surface area contributed by atoms with E-state index < -0.39 is 5.91 Å². The molecular formula is C28H29N3O3. The number of amides is 2. The van der Waals surface area contributed by atoms with Crippen LogP contribution in [-0.2, 0) is 9.59 Å². The first-order chi connectivity index (χ1) is 16.3. The maximum absolute atomic E-state index is 13.5. The van der Waals surface area contributed by atoms with Crippen LogP contribution in [0.25, 0.3) is 5.57 Å². The molecule has 4 rings (SSSR count). The van der Waals surface area contributed by atoms with Gasteiger partial charge in [0, 0.05) is 25.5 Å². The summed E-state index contributed by atoms with van der Waals surface area (Å²) in [7, 11) is 3.93. The molecular weight excluding hydrogens is 426 g/mol. The molecule has 1 aliphatic rings. The van der Waals surface area contributed by atoms with Gasteiger partial charge in [-0.1, -0.05) is 44.2 Å². The van der Waals surface area contributed by atoms with E-state index in [-0.39, 0.29) is 11.6 Å². The van der Waals surface area contributed by atoms with Gasteiger partial charge in [-0.25, -0.2) is 4.90 Å². The third-order valence-electron chi connectivity index (χ3n) is 5.48. The Bertz CT molecular complexity index is 1200. The fraction of sp³-hybridized carbons (Fsp3) is 0.214. The van der Waals surface area contributed by atoms with Crippen molar-refractivity contribution in [2.75, 3.05) is 35.8 Å². The Morgan fingerprint density at radius 1 is 0.853 bits per heavy atom. The summed E-state index contributed by atoms with van der Waals surface area (Å²) in [4.78, 5) is 30.3. The summed E-state index contributed by atoms with van der Waals surface area (Å²) in [6, 6.07) is 24.0. The van der Waals surface area contributed by atoms with E-state index in [0.717, 1.165) is 11.4 Å². The minimum Gasteiger partial charge on any atom is -0.493 e. The molecule has 0 radical (unpaired) electrons. The standard InChI is InChI=1S/C28H29N3O3/c1-19(2)18-34-24-16-14-23(15-17-24)31-27(32)25(20-8-6-5-7-9-20)26(28(31)33)29-21-10-12-22(13-11-21)30(3)4/h5-17,19,29H,18H2,1-4H3. The third kappa shape index (κ3) is 4.81. The lowest BCUT2D eigenvalue weighted by Crippen LogP contribution is -2.32. The van der Waals surface area contributed by atoms with Gasteiger partial charge in [-0.3, -0.25) is 9.59 Å². The van der Waals surface area contributed by atoms with E-state index in [1.807, 2.05) is 73.6 Å². The first kappa shape index (κ1) is 23.1. The molecule has 1 heterocycles. The molecule has 3 aromatic rings. The van der Waals surface area contributed by atoms with Crippen molar-refractivity contribution in [2.24, 2.45) is 5.92 Å². The third-order valence-corrected chi connectivity index (χ3v) is 5.48. The van der Waals surface area contributed by atoms with Crippen molar-refractivity contribution < 1.29 is 14.3 Å². The molecule has 1 aliphatic heterocycles. The number of carbonyl (C=O) groups is 2. The number of nitrogens with zero attached hydrogens (tertiary/aromatic N) is 2. The monoisotopic (exact) mass is 455 g/mol. The van der Waals surface area contributed by atoms with Gasteiger partial charge in [-0.2, -0.15) is 0 Å². The highest BCUT2D eigenvalue weighted by Gasteiger charge is 2.40. The zero-order valence-electron chi connectivity index (χ0n) is 19.9. The van der Waals surface area contributed by atoms with Crippen LogP contribution < -0.4 is 19.9 Å². The van der Waals surface area contributed by atoms with E-state index in [4.69, 9.17) is 4.74 Å². The highest BCUT2D eigenvalue weighted by atomic mass is 16.5. The Morgan fingerprint density at radius 3 is 2.09 bits per heavy atom. The molecule has 0 bridgehead atoms. The van der Waals surface area contributed by atoms with E-state index in [2.05, 4.69) is 19.2 Å². The number of nitrogens with one attached hydrogen (secondary N) is 1. The van der Waals surface area contributed by atoms with Crippen LogP contribution in [0.15, 0.2) is 84.6 Å². The molecule has 174 valence electrons. The van der Waals surface area contributed by atoms with Gasteiger partial charge in [0.1, 0.15) is 11.4 Å². The van der Waals surface area contributed by atoms with Gasteiger partial charge in [0.05, 0.1) is 17.9 Å². The molecule has 0 unspecified atom stereocenters. The van der Waals surface area contributed by atoms with Crippen LogP contribution in [0, 0.1) is 5.92 Å². The lowest BCUT2D eigenvalue weighted by Gasteiger charge is -2.17. The maximum Gasteiger partial charge on any atom is 0.282 e. The Kier molecular flexibility index (Phi) is 6.68. The van der Waals surface area contributed by atoms with Crippen molar-refractivity contribution in [2.45, 2.75) is 13.8 Å². The van der Waals surface area contributed by atoms with E-state index in [9.17, 15) is 9.59 Å². The van der Waals surface area contributed by atoms with Crippen molar-refractivity contribution in [3.05, 3.63) is 90.1 Å². The van der Waals surface area contributed by atoms with Gasteiger partial charge in [0.15, 0.2) is 0 Å². The maximum atomic E-state index is 13.5. The van der Waals surface area contributed by atoms with E-state index in [1.54, 1.807) is 24.3 Å². The smallest absolute Gasteiger partial charge is 0.282 e. The van der Waals surface area contributed by atoms with Gasteiger partial charge in [0.2, 0.25) is 0 Å². The van der Waals surface area contributed by atoms with Crippen molar-refractivity contribution in [1.29, 1.82) is 0 Å². The van der Waals surface area contributed by atoms with Crippen LogP contribution in [0.4, 0.5) is 17.1 Å². The summed E-state index contributed by atoms with van der Waals surface area (Å²) in [5, 5.41) is 3.20. The first-order valence-corrected chi connectivity index (χ1v) is 11.3. The van der Waals surface area contributed by atoms with Crippen molar-refractivity contribution >= 4 is 34.4 Å². The average Bonchev–Trinajstić information content (AvgIpc) is 3.08. The molecule has 0 saturated heterocycles. The lowest BCUT2D eigenvalue weighted by atomic mass is 10.0. The average molecular weight is 456 g/mol. The topological polar surface area (TPSA) is 61.9 Å². The molecule has 0 atom stereocenters. The zero-order chi connectivity index (χ0) is 24.2. The minimum atomic E-state index is -0.392. The molecule has 6 nitrogen and oxygen atoms in total. The van der Waals surface area contributed by atoms with Gasteiger partial charge in [0.25, 0.3) is 11.8 Å². The number of hydrogen-bond donors (Lipinski definition) is 1. The highest BCUT2D eigenvalue weighted by molar-refractivity contribution is 6.46. The molecule has 1 N–H and O–H groups in total. The summed E-state index contributed by atoms with van der Waals surface area (Å²) in [6.45, 7) is 4.76. The van der Waals surface area contributed by atoms with Crippen molar-refractivity contribution in [1.82, 2.24) is 0 Å². The SMILES string of the molecule is CC(C)COc1ccc(N2C(=O)C(Nc3ccc(N(C)C)cc3)=C(c3ccccc3)C2=O)cc1. The summed E-state index contributed by atoms with van der Waals surface area (Å²) >= 11 is 0. The number of carbonyl (C=O) groups excluding carboxylic acids is 2. The van der Waals surface area contributed by atoms with Crippen LogP contribution >= 0.6 is 0 Å². The normalized spacial score (nSPS) is 13.6. The van der Waals surface area contributed by atoms with Crippen LogP contribution in [0.3, 0.4) is 0 Å². The van der Waals surface area contributed by atoms with Gasteiger partial charge in [-0.05, 0) is 60.0 Å². The number of benzene rings is 3. The molecule has 0 spiro atoms. The number of ether oxygens (including phenoxy) is 1. The fourth-order valence-electron chi connectivity index (χ4n) is 3.69. The minimum absolute atomic E-state index is 0.258. The predicted octanol–water partition coefficient (Wildman–Crippen LogP) is 5.18. The molecule has 6 heteroatoms. The Morgan fingerprint density at radius 2 is 1.50 bits per heavy atom. The second kappa shape index (κ2) is 9.83. The van der Waals surface area contributed by atoms with E-state index in [1.165, 1.54) is 4.90 Å². The van der Waals surface area contributed by atoms with Crippen LogP contribution in [0.5, 0.6) is 5.75 Å². The van der Waals surface area contributed by atoms with Crippen molar-refractivity contribution in [3.8, 4) is 5.75 Å². The number of hydrogen-bond acceptors (Lipinski definition) is 5.